The number of hydrogen-bond acceptors (Lipinski definition) is 3. The largest absolute Gasteiger partial charge is 0.478 e. The van der Waals surface area contributed by atoms with Crippen LogP contribution in [0.1, 0.15) is 25.0 Å². The Balaban J connectivity index is 2.20. The quantitative estimate of drug-likeness (QED) is 0.836. The molecule has 20 heavy (non-hydrogen) atoms. The van der Waals surface area contributed by atoms with Crippen molar-refractivity contribution in [3.05, 3.63) is 66.0 Å². The Morgan fingerprint density at radius 3 is 2.25 bits per heavy atom. The lowest BCUT2D eigenvalue weighted by atomic mass is 9.93. The molecule has 2 heterocycles. The Kier molecular flexibility index (Phi) is 2.90. The van der Waals surface area contributed by atoms with E-state index in [0.29, 0.717) is 11.3 Å². The average molecular weight is 265 g/mol. The van der Waals surface area contributed by atoms with Gasteiger partial charge in [0.05, 0.1) is 5.57 Å². The molecule has 3 rings (SSSR count). The maximum atomic E-state index is 12.6. The van der Waals surface area contributed by atoms with E-state index in [2.05, 4.69) is 4.98 Å². The minimum atomic E-state index is -0.830. The van der Waals surface area contributed by atoms with Crippen LogP contribution in [0, 0.1) is 0 Å². The molecule has 0 unspecified atom stereocenters. The highest BCUT2D eigenvalue weighted by molar-refractivity contribution is 6.32. The molecule has 0 saturated heterocycles. The molecule has 3 nitrogen and oxygen atoms in total. The molecule has 0 radical (unpaired) electrons. The summed E-state index contributed by atoms with van der Waals surface area (Å²) in [5.74, 6) is 0.643. The molecule has 0 N–H and O–H groups in total. The van der Waals surface area contributed by atoms with Crippen molar-refractivity contribution in [3.8, 4) is 0 Å². The second-order valence-electron chi connectivity index (χ2n) is 5.25. The third-order valence-electron chi connectivity index (χ3n) is 3.36. The molecule has 100 valence electrons. The third kappa shape index (κ3) is 2.01. The van der Waals surface area contributed by atoms with Gasteiger partial charge in [-0.2, -0.15) is 0 Å². The Labute approximate surface area is 117 Å². The van der Waals surface area contributed by atoms with Gasteiger partial charge in [0.15, 0.2) is 5.60 Å². The SMILES string of the molecule is CC1(C)OC(c2ccncc2)=C(c2ccccc2)C1=O. The fourth-order valence-corrected chi connectivity index (χ4v) is 2.33. The van der Waals surface area contributed by atoms with Crippen molar-refractivity contribution in [2.45, 2.75) is 19.4 Å². The Hall–Kier alpha value is -2.42. The number of ketones is 1. The van der Waals surface area contributed by atoms with Crippen molar-refractivity contribution in [1.82, 2.24) is 4.98 Å². The van der Waals surface area contributed by atoms with Crippen molar-refractivity contribution >= 4 is 17.1 Å². The summed E-state index contributed by atoms with van der Waals surface area (Å²) in [6, 6.07) is 13.3. The van der Waals surface area contributed by atoms with Gasteiger partial charge in [-0.3, -0.25) is 9.78 Å². The second kappa shape index (κ2) is 4.60. The van der Waals surface area contributed by atoms with Gasteiger partial charge < -0.3 is 4.74 Å². The second-order valence-corrected chi connectivity index (χ2v) is 5.25. The van der Waals surface area contributed by atoms with E-state index in [4.69, 9.17) is 4.74 Å². The summed E-state index contributed by atoms with van der Waals surface area (Å²) in [4.78, 5) is 16.6. The molecule has 0 spiro atoms. The van der Waals surface area contributed by atoms with Crippen molar-refractivity contribution in [2.24, 2.45) is 0 Å². The van der Waals surface area contributed by atoms with Crippen molar-refractivity contribution in [3.63, 3.8) is 0 Å². The Bertz CT molecular complexity index is 673. The summed E-state index contributed by atoms with van der Waals surface area (Å²) >= 11 is 0. The van der Waals surface area contributed by atoms with Gasteiger partial charge in [0.1, 0.15) is 5.76 Å². The van der Waals surface area contributed by atoms with Crippen LogP contribution in [0.2, 0.25) is 0 Å². The van der Waals surface area contributed by atoms with Gasteiger partial charge >= 0.3 is 0 Å². The zero-order chi connectivity index (χ0) is 14.2. The standard InChI is InChI=1S/C17H15NO2/c1-17(2)16(19)14(12-6-4-3-5-7-12)15(20-17)13-8-10-18-11-9-13/h3-11H,1-2H3. The Morgan fingerprint density at radius 1 is 0.950 bits per heavy atom. The van der Waals surface area contributed by atoms with Gasteiger partial charge in [0, 0.05) is 18.0 Å². The van der Waals surface area contributed by atoms with Gasteiger partial charge in [-0.15, -0.1) is 0 Å². The Morgan fingerprint density at radius 2 is 1.60 bits per heavy atom. The summed E-state index contributed by atoms with van der Waals surface area (Å²) in [5.41, 5.74) is 1.57. The molecule has 1 aliphatic heterocycles. The highest BCUT2D eigenvalue weighted by Crippen LogP contribution is 2.40. The number of nitrogens with zero attached hydrogens (tertiary/aromatic N) is 1. The van der Waals surface area contributed by atoms with E-state index in [9.17, 15) is 4.79 Å². The molecule has 0 amide bonds. The predicted molar refractivity (Wildman–Crippen MR) is 77.7 cm³/mol. The number of benzene rings is 1. The predicted octanol–water partition coefficient (Wildman–Crippen LogP) is 3.33. The fraction of sp³-hybridized carbons (Fsp3) is 0.176. The lowest BCUT2D eigenvalue weighted by molar-refractivity contribution is -0.125. The summed E-state index contributed by atoms with van der Waals surface area (Å²) in [5, 5.41) is 0. The van der Waals surface area contributed by atoms with Crippen LogP contribution >= 0.6 is 0 Å². The number of rotatable bonds is 2. The molecule has 0 saturated carbocycles. The van der Waals surface area contributed by atoms with Crippen LogP contribution in [-0.2, 0) is 9.53 Å². The molecular weight excluding hydrogens is 250 g/mol. The first-order valence-electron chi connectivity index (χ1n) is 6.53. The first-order chi connectivity index (χ1) is 9.59. The number of hydrogen-bond donors (Lipinski definition) is 0. The molecular formula is C17H15NO2. The fourth-order valence-electron chi connectivity index (χ4n) is 2.33. The number of pyridine rings is 1. The van der Waals surface area contributed by atoms with Crippen molar-refractivity contribution in [2.75, 3.05) is 0 Å². The van der Waals surface area contributed by atoms with E-state index in [1.54, 1.807) is 26.2 Å². The summed E-state index contributed by atoms with van der Waals surface area (Å²) in [6.07, 6.45) is 3.40. The van der Waals surface area contributed by atoms with E-state index in [1.165, 1.54) is 0 Å². The summed E-state index contributed by atoms with van der Waals surface area (Å²) in [7, 11) is 0. The van der Waals surface area contributed by atoms with Gasteiger partial charge in [-0.25, -0.2) is 0 Å². The van der Waals surface area contributed by atoms with Crippen molar-refractivity contribution in [1.29, 1.82) is 0 Å². The maximum Gasteiger partial charge on any atom is 0.210 e. The van der Waals surface area contributed by atoms with Gasteiger partial charge in [0.2, 0.25) is 5.78 Å². The van der Waals surface area contributed by atoms with Crippen LogP contribution in [0.25, 0.3) is 11.3 Å². The zero-order valence-electron chi connectivity index (χ0n) is 11.5. The van der Waals surface area contributed by atoms with Gasteiger partial charge in [-0.05, 0) is 31.5 Å². The van der Waals surface area contributed by atoms with Crippen LogP contribution in [0.5, 0.6) is 0 Å². The average Bonchev–Trinajstić information content (AvgIpc) is 2.72. The number of Topliss-reactive ketones (excluding diaryl/α,β-unsaturated/α-hetero) is 1. The van der Waals surface area contributed by atoms with Crippen LogP contribution in [0.15, 0.2) is 54.9 Å². The van der Waals surface area contributed by atoms with Crippen molar-refractivity contribution < 1.29 is 9.53 Å². The van der Waals surface area contributed by atoms with Crippen LogP contribution < -0.4 is 0 Å². The molecule has 0 atom stereocenters. The first-order valence-corrected chi connectivity index (χ1v) is 6.53. The summed E-state index contributed by atoms with van der Waals surface area (Å²) in [6.45, 7) is 3.60. The van der Waals surface area contributed by atoms with Gasteiger partial charge in [-0.1, -0.05) is 30.3 Å². The number of aromatic nitrogens is 1. The first kappa shape index (κ1) is 12.6. The molecule has 1 aromatic heterocycles. The van der Waals surface area contributed by atoms with E-state index >= 15 is 0 Å². The lowest BCUT2D eigenvalue weighted by Crippen LogP contribution is -2.29. The lowest BCUT2D eigenvalue weighted by Gasteiger charge is -2.17. The normalized spacial score (nSPS) is 17.2. The topological polar surface area (TPSA) is 39.2 Å². The molecule has 1 aromatic carbocycles. The molecule has 3 heteroatoms. The van der Waals surface area contributed by atoms with Crippen LogP contribution in [0.3, 0.4) is 0 Å². The maximum absolute atomic E-state index is 12.6. The minimum Gasteiger partial charge on any atom is -0.478 e. The summed E-state index contributed by atoms with van der Waals surface area (Å²) < 4.78 is 5.92. The van der Waals surface area contributed by atoms with Crippen LogP contribution in [0.4, 0.5) is 0 Å². The molecule has 1 aliphatic rings. The van der Waals surface area contributed by atoms with E-state index in [1.807, 2.05) is 42.5 Å². The smallest absolute Gasteiger partial charge is 0.210 e. The minimum absolute atomic E-state index is 0.00973. The van der Waals surface area contributed by atoms with E-state index in [0.717, 1.165) is 11.1 Å². The number of carbonyl (C=O) groups is 1. The third-order valence-corrected chi connectivity index (χ3v) is 3.36. The van der Waals surface area contributed by atoms with Crippen LogP contribution in [-0.4, -0.2) is 16.4 Å². The molecule has 0 aliphatic carbocycles. The monoisotopic (exact) mass is 265 g/mol. The molecule has 0 bridgehead atoms. The van der Waals surface area contributed by atoms with E-state index in [-0.39, 0.29) is 5.78 Å². The molecule has 0 fully saturated rings. The number of carbonyl (C=O) groups excluding carboxylic acids is 1. The van der Waals surface area contributed by atoms with E-state index < -0.39 is 5.60 Å². The highest BCUT2D eigenvalue weighted by Gasteiger charge is 2.42. The van der Waals surface area contributed by atoms with Gasteiger partial charge in [0.25, 0.3) is 0 Å². The highest BCUT2D eigenvalue weighted by atomic mass is 16.5. The number of ether oxygens (including phenoxy) is 1. The molecule has 2 aromatic rings. The zero-order valence-corrected chi connectivity index (χ0v) is 11.5.